The Labute approximate surface area is 76.3 Å². The second kappa shape index (κ2) is 3.85. The molecule has 72 valence electrons. The van der Waals surface area contributed by atoms with Gasteiger partial charge in [-0.1, -0.05) is 18.2 Å². The topological polar surface area (TPSA) is 43.4 Å². The molecule has 0 aliphatic heterocycles. The molecule has 1 unspecified atom stereocenters. The van der Waals surface area contributed by atoms with Crippen LogP contribution in [-0.2, 0) is 14.3 Å². The largest absolute Gasteiger partial charge is 0.299 e. The predicted octanol–water partition coefficient (Wildman–Crippen LogP) is 1.71. The van der Waals surface area contributed by atoms with Crippen LogP contribution in [0.1, 0.15) is 6.92 Å². The summed E-state index contributed by atoms with van der Waals surface area (Å²) in [5, 5.41) is 0. The van der Waals surface area contributed by atoms with Gasteiger partial charge in [0, 0.05) is 0 Å². The van der Waals surface area contributed by atoms with Gasteiger partial charge in [-0.2, -0.15) is 8.42 Å². The Balaban J connectivity index is 2.96. The molecule has 3 nitrogen and oxygen atoms in total. The van der Waals surface area contributed by atoms with E-state index >= 15 is 0 Å². The first-order valence-corrected chi connectivity index (χ1v) is 5.05. The van der Waals surface area contributed by atoms with E-state index in [1.807, 2.05) is 0 Å². The van der Waals surface area contributed by atoms with E-state index in [0.717, 1.165) is 6.92 Å². The summed E-state index contributed by atoms with van der Waals surface area (Å²) in [6.45, 7) is 1.01. The number of hydrogen-bond acceptors (Lipinski definition) is 3. The maximum atomic E-state index is 12.3. The first kappa shape index (κ1) is 10.1. The van der Waals surface area contributed by atoms with Crippen LogP contribution < -0.4 is 0 Å². The minimum Gasteiger partial charge on any atom is -0.230 e. The fourth-order valence-electron chi connectivity index (χ4n) is 0.817. The second-order valence-electron chi connectivity index (χ2n) is 2.41. The van der Waals surface area contributed by atoms with E-state index in [2.05, 4.69) is 4.18 Å². The average Bonchev–Trinajstić information content (AvgIpc) is 2.04. The third-order valence-electron chi connectivity index (χ3n) is 1.29. The van der Waals surface area contributed by atoms with Gasteiger partial charge in [0.05, 0.1) is 4.90 Å². The number of alkyl halides is 1. The van der Waals surface area contributed by atoms with E-state index in [9.17, 15) is 12.8 Å². The van der Waals surface area contributed by atoms with Crippen molar-refractivity contribution in [2.24, 2.45) is 0 Å². The third-order valence-corrected chi connectivity index (χ3v) is 2.66. The van der Waals surface area contributed by atoms with Crippen molar-refractivity contribution in [1.29, 1.82) is 0 Å². The van der Waals surface area contributed by atoms with Gasteiger partial charge in [-0.15, -0.1) is 0 Å². The van der Waals surface area contributed by atoms with Crippen molar-refractivity contribution in [3.8, 4) is 0 Å². The molecule has 0 saturated carbocycles. The molecule has 0 fully saturated rings. The lowest BCUT2D eigenvalue weighted by molar-refractivity contribution is 0.0934. The Morgan fingerprint density at radius 1 is 1.31 bits per heavy atom. The van der Waals surface area contributed by atoms with Crippen molar-refractivity contribution < 1.29 is 17.0 Å². The standard InChI is InChI=1S/C8H9FO3S/c1-7(9)12-13(10,11)8-5-3-2-4-6-8/h2-7H,1H3. The molecule has 0 amide bonds. The fourth-order valence-corrected chi connectivity index (χ4v) is 1.77. The zero-order valence-corrected chi connectivity index (χ0v) is 7.79. The summed E-state index contributed by atoms with van der Waals surface area (Å²) in [4.78, 5) is -0.0421. The van der Waals surface area contributed by atoms with Crippen molar-refractivity contribution in [3.05, 3.63) is 30.3 Å². The van der Waals surface area contributed by atoms with Crippen LogP contribution in [0.5, 0.6) is 0 Å². The molecular weight excluding hydrogens is 195 g/mol. The molecule has 0 aliphatic carbocycles. The van der Waals surface area contributed by atoms with Crippen LogP contribution in [0.4, 0.5) is 4.39 Å². The van der Waals surface area contributed by atoms with Crippen LogP contribution in [0.3, 0.4) is 0 Å². The Morgan fingerprint density at radius 2 is 1.85 bits per heavy atom. The van der Waals surface area contributed by atoms with E-state index < -0.39 is 16.5 Å². The zero-order chi connectivity index (χ0) is 9.90. The van der Waals surface area contributed by atoms with Gasteiger partial charge in [0.2, 0.25) is 6.36 Å². The Bertz CT molecular complexity index is 358. The minimum atomic E-state index is -3.93. The number of rotatable bonds is 3. The number of halogens is 1. The van der Waals surface area contributed by atoms with Crippen molar-refractivity contribution in [1.82, 2.24) is 0 Å². The van der Waals surface area contributed by atoms with Crippen LogP contribution in [-0.4, -0.2) is 14.8 Å². The summed E-state index contributed by atoms with van der Waals surface area (Å²) in [6, 6.07) is 7.44. The van der Waals surface area contributed by atoms with Crippen LogP contribution in [0.25, 0.3) is 0 Å². The molecule has 0 aromatic heterocycles. The summed E-state index contributed by atoms with van der Waals surface area (Å²) in [5.41, 5.74) is 0. The average molecular weight is 204 g/mol. The monoisotopic (exact) mass is 204 g/mol. The molecule has 13 heavy (non-hydrogen) atoms. The van der Waals surface area contributed by atoms with E-state index in [0.29, 0.717) is 0 Å². The summed E-state index contributed by atoms with van der Waals surface area (Å²) < 4.78 is 38.8. The van der Waals surface area contributed by atoms with Gasteiger partial charge in [-0.25, -0.2) is 8.57 Å². The van der Waals surface area contributed by atoms with Crippen LogP contribution in [0.2, 0.25) is 0 Å². The van der Waals surface area contributed by atoms with Gasteiger partial charge in [0.1, 0.15) is 0 Å². The van der Waals surface area contributed by atoms with E-state index in [-0.39, 0.29) is 4.90 Å². The summed E-state index contributed by atoms with van der Waals surface area (Å²) in [6.07, 6.45) is -1.83. The maximum Gasteiger partial charge on any atom is 0.299 e. The molecule has 0 spiro atoms. The van der Waals surface area contributed by atoms with Crippen molar-refractivity contribution in [2.75, 3.05) is 0 Å². The smallest absolute Gasteiger partial charge is 0.230 e. The van der Waals surface area contributed by atoms with Crippen LogP contribution in [0.15, 0.2) is 35.2 Å². The predicted molar refractivity (Wildman–Crippen MR) is 45.3 cm³/mol. The maximum absolute atomic E-state index is 12.3. The second-order valence-corrected chi connectivity index (χ2v) is 3.98. The summed E-state index contributed by atoms with van der Waals surface area (Å²) >= 11 is 0. The van der Waals surface area contributed by atoms with Gasteiger partial charge in [-0.05, 0) is 19.1 Å². The molecule has 0 bridgehead atoms. The lowest BCUT2D eigenvalue weighted by Gasteiger charge is -2.04. The molecule has 0 aliphatic rings. The quantitative estimate of drug-likeness (QED) is 0.704. The molecule has 0 N–H and O–H groups in total. The third kappa shape index (κ3) is 2.78. The number of hydrogen-bond donors (Lipinski definition) is 0. The van der Waals surface area contributed by atoms with Crippen LogP contribution >= 0.6 is 0 Å². The highest BCUT2D eigenvalue weighted by atomic mass is 32.2. The summed E-state index contributed by atoms with van der Waals surface area (Å²) in [7, 11) is -3.93. The molecule has 0 heterocycles. The highest BCUT2D eigenvalue weighted by molar-refractivity contribution is 7.86. The number of benzene rings is 1. The van der Waals surface area contributed by atoms with Gasteiger partial charge in [0.15, 0.2) is 0 Å². The molecule has 5 heteroatoms. The first-order valence-electron chi connectivity index (χ1n) is 3.65. The van der Waals surface area contributed by atoms with E-state index in [1.165, 1.54) is 12.1 Å². The van der Waals surface area contributed by atoms with Gasteiger partial charge >= 0.3 is 0 Å². The molecule has 0 radical (unpaired) electrons. The van der Waals surface area contributed by atoms with Gasteiger partial charge < -0.3 is 0 Å². The highest BCUT2D eigenvalue weighted by Crippen LogP contribution is 2.13. The molecule has 1 aromatic rings. The lowest BCUT2D eigenvalue weighted by atomic mass is 10.4. The highest BCUT2D eigenvalue weighted by Gasteiger charge is 2.17. The molecule has 0 saturated heterocycles. The fraction of sp³-hybridized carbons (Fsp3) is 0.250. The Morgan fingerprint density at radius 3 is 2.31 bits per heavy atom. The van der Waals surface area contributed by atoms with E-state index in [1.54, 1.807) is 18.2 Å². The van der Waals surface area contributed by atoms with Gasteiger partial charge in [0.25, 0.3) is 10.1 Å². The van der Waals surface area contributed by atoms with Crippen LogP contribution in [0, 0.1) is 0 Å². The Kier molecular flexibility index (Phi) is 3.00. The normalized spacial score (nSPS) is 14.0. The first-order chi connectivity index (χ1) is 6.02. The zero-order valence-electron chi connectivity index (χ0n) is 6.98. The van der Waals surface area contributed by atoms with Crippen molar-refractivity contribution in [2.45, 2.75) is 18.2 Å². The SMILES string of the molecule is CC(F)OS(=O)(=O)c1ccccc1. The molecule has 1 rings (SSSR count). The molecule has 1 atom stereocenters. The summed E-state index contributed by atoms with van der Waals surface area (Å²) in [5.74, 6) is 0. The minimum absolute atomic E-state index is 0.0421. The van der Waals surface area contributed by atoms with Crippen molar-refractivity contribution in [3.63, 3.8) is 0 Å². The van der Waals surface area contributed by atoms with Gasteiger partial charge in [-0.3, -0.25) is 0 Å². The van der Waals surface area contributed by atoms with Crippen molar-refractivity contribution >= 4 is 10.1 Å². The van der Waals surface area contributed by atoms with E-state index in [4.69, 9.17) is 0 Å². The molecule has 1 aromatic carbocycles. The molecular formula is C8H9FO3S. The lowest BCUT2D eigenvalue weighted by Crippen LogP contribution is -2.11. The Hall–Kier alpha value is -0.940.